The summed E-state index contributed by atoms with van der Waals surface area (Å²) in [6.07, 6.45) is 0. The Morgan fingerprint density at radius 2 is 1.74 bits per heavy atom. The lowest BCUT2D eigenvalue weighted by Crippen LogP contribution is -2.27. The number of nitrogens with two attached hydrogens (primary N) is 1. The number of rotatable bonds is 8. The Labute approximate surface area is 197 Å². The van der Waals surface area contributed by atoms with E-state index in [0.717, 1.165) is 11.1 Å². The van der Waals surface area contributed by atoms with Gasteiger partial charge in [-0.25, -0.2) is 0 Å². The molecule has 0 radical (unpaired) electrons. The maximum atomic E-state index is 12.4. The van der Waals surface area contributed by atoms with E-state index < -0.39 is 0 Å². The predicted molar refractivity (Wildman–Crippen MR) is 134 cm³/mol. The maximum Gasteiger partial charge on any atom is 0.287 e. The minimum atomic E-state index is -0.307. The molecule has 0 aliphatic rings. The van der Waals surface area contributed by atoms with Gasteiger partial charge in [-0.1, -0.05) is 12.1 Å². The molecule has 0 atom stereocenters. The number of ether oxygens (including phenoxy) is 1. The number of hydrogen-bond acceptors (Lipinski definition) is 6. The molecule has 3 aromatic carbocycles. The normalized spacial score (nSPS) is 10.6. The fraction of sp³-hybridized carbons (Fsp3) is 0.154. The van der Waals surface area contributed by atoms with Crippen LogP contribution in [0.25, 0.3) is 11.0 Å². The second-order valence-electron chi connectivity index (χ2n) is 7.90. The smallest absolute Gasteiger partial charge is 0.287 e. The third-order valence-corrected chi connectivity index (χ3v) is 5.23. The summed E-state index contributed by atoms with van der Waals surface area (Å²) < 4.78 is 11.4. The van der Waals surface area contributed by atoms with Gasteiger partial charge in [-0.15, -0.1) is 0 Å². The van der Waals surface area contributed by atoms with Gasteiger partial charge in [0.25, 0.3) is 11.8 Å². The van der Waals surface area contributed by atoms with E-state index in [0.29, 0.717) is 34.8 Å². The van der Waals surface area contributed by atoms with Gasteiger partial charge in [-0.05, 0) is 54.6 Å². The number of anilines is 3. The Balaban J connectivity index is 1.26. The van der Waals surface area contributed by atoms with Gasteiger partial charge in [-0.3, -0.25) is 9.59 Å². The van der Waals surface area contributed by atoms with E-state index in [1.807, 2.05) is 37.2 Å². The number of amides is 2. The standard InChI is InChI=1S/C26H26N4O4/c1-30(2)19-10-7-18-15-24(34-23(18)16-19)26(32)28-13-14-33-20-11-8-17(9-12-20)25(31)29-22-6-4-3-5-21(22)27/h3-12,15-16H,13-14,27H2,1-2H3,(H,28,32)(H,29,31). The molecule has 0 fully saturated rings. The van der Waals surface area contributed by atoms with Gasteiger partial charge < -0.3 is 30.4 Å². The minimum absolute atomic E-state index is 0.250. The van der Waals surface area contributed by atoms with Crippen molar-refractivity contribution in [3.8, 4) is 5.75 Å². The molecular weight excluding hydrogens is 432 g/mol. The summed E-state index contributed by atoms with van der Waals surface area (Å²) in [4.78, 5) is 26.8. The first-order valence-corrected chi connectivity index (χ1v) is 10.8. The van der Waals surface area contributed by atoms with Crippen LogP contribution in [-0.4, -0.2) is 39.1 Å². The van der Waals surface area contributed by atoms with Crippen molar-refractivity contribution in [3.63, 3.8) is 0 Å². The van der Waals surface area contributed by atoms with Crippen LogP contribution in [0, 0.1) is 0 Å². The molecule has 0 saturated carbocycles. The molecule has 174 valence electrons. The molecule has 0 bridgehead atoms. The molecule has 4 aromatic rings. The summed E-state index contributed by atoms with van der Waals surface area (Å²) in [6.45, 7) is 0.567. The quantitative estimate of drug-likeness (QED) is 0.270. The van der Waals surface area contributed by atoms with Crippen molar-refractivity contribution in [3.05, 3.63) is 84.1 Å². The highest BCUT2D eigenvalue weighted by molar-refractivity contribution is 6.05. The molecule has 4 N–H and O–H groups in total. The van der Waals surface area contributed by atoms with E-state index in [4.69, 9.17) is 14.9 Å². The first-order chi connectivity index (χ1) is 16.4. The highest BCUT2D eigenvalue weighted by Gasteiger charge is 2.13. The number of carbonyl (C=O) groups excluding carboxylic acids is 2. The van der Waals surface area contributed by atoms with Crippen LogP contribution in [0.5, 0.6) is 5.75 Å². The van der Waals surface area contributed by atoms with Crippen LogP contribution in [0.2, 0.25) is 0 Å². The number of carbonyl (C=O) groups is 2. The first kappa shape index (κ1) is 22.7. The minimum Gasteiger partial charge on any atom is -0.492 e. The molecule has 0 spiro atoms. The molecule has 8 nitrogen and oxygen atoms in total. The van der Waals surface area contributed by atoms with E-state index >= 15 is 0 Å². The van der Waals surface area contributed by atoms with Crippen molar-refractivity contribution in [1.29, 1.82) is 0 Å². The lowest BCUT2D eigenvalue weighted by atomic mass is 10.2. The van der Waals surface area contributed by atoms with Crippen LogP contribution in [-0.2, 0) is 0 Å². The fourth-order valence-corrected chi connectivity index (χ4v) is 3.34. The summed E-state index contributed by atoms with van der Waals surface area (Å²) in [6, 6.07) is 21.3. The number of fused-ring (bicyclic) bond motifs is 1. The highest BCUT2D eigenvalue weighted by Crippen LogP contribution is 2.24. The predicted octanol–water partition coefficient (Wildman–Crippen LogP) is 4.14. The van der Waals surface area contributed by atoms with Gasteiger partial charge in [0.2, 0.25) is 0 Å². The Kier molecular flexibility index (Phi) is 6.68. The molecule has 0 saturated heterocycles. The van der Waals surface area contributed by atoms with Crippen LogP contribution >= 0.6 is 0 Å². The van der Waals surface area contributed by atoms with E-state index in [9.17, 15) is 9.59 Å². The van der Waals surface area contributed by atoms with Gasteiger partial charge in [0.1, 0.15) is 17.9 Å². The van der Waals surface area contributed by atoms with Crippen LogP contribution in [0.15, 0.2) is 77.2 Å². The summed E-state index contributed by atoms with van der Waals surface area (Å²) in [5.74, 6) is 0.268. The van der Waals surface area contributed by atoms with Crippen LogP contribution in [0.1, 0.15) is 20.9 Å². The van der Waals surface area contributed by atoms with Crippen LogP contribution in [0.3, 0.4) is 0 Å². The Bertz CT molecular complexity index is 1310. The second kappa shape index (κ2) is 9.99. The average molecular weight is 459 g/mol. The molecule has 0 aliphatic heterocycles. The summed E-state index contributed by atoms with van der Waals surface area (Å²) >= 11 is 0. The van der Waals surface area contributed by atoms with Gasteiger partial charge in [-0.2, -0.15) is 0 Å². The number of para-hydroxylation sites is 2. The van der Waals surface area contributed by atoms with E-state index in [1.54, 1.807) is 54.6 Å². The van der Waals surface area contributed by atoms with Crippen molar-refractivity contribution in [1.82, 2.24) is 5.32 Å². The SMILES string of the molecule is CN(C)c1ccc2cc(C(=O)NCCOc3ccc(C(=O)Nc4ccccc4N)cc3)oc2c1. The Morgan fingerprint density at radius 1 is 0.971 bits per heavy atom. The topological polar surface area (TPSA) is 110 Å². The molecule has 34 heavy (non-hydrogen) atoms. The highest BCUT2D eigenvalue weighted by atomic mass is 16.5. The zero-order valence-electron chi connectivity index (χ0n) is 19.0. The summed E-state index contributed by atoms with van der Waals surface area (Å²) in [7, 11) is 3.89. The molecule has 0 unspecified atom stereocenters. The monoisotopic (exact) mass is 458 g/mol. The third kappa shape index (κ3) is 5.29. The molecule has 8 heteroatoms. The van der Waals surface area contributed by atoms with Crippen molar-refractivity contribution in [2.24, 2.45) is 0 Å². The van der Waals surface area contributed by atoms with E-state index in [-0.39, 0.29) is 24.2 Å². The number of nitrogens with one attached hydrogen (secondary N) is 2. The molecule has 2 amide bonds. The van der Waals surface area contributed by atoms with E-state index in [1.165, 1.54) is 0 Å². The number of nitrogen functional groups attached to an aromatic ring is 1. The van der Waals surface area contributed by atoms with Crippen LogP contribution < -0.4 is 26.0 Å². The maximum absolute atomic E-state index is 12.4. The number of nitrogens with zero attached hydrogens (tertiary/aromatic N) is 1. The second-order valence-corrected chi connectivity index (χ2v) is 7.90. The summed E-state index contributed by atoms with van der Waals surface area (Å²) in [5.41, 5.74) is 9.05. The molecule has 1 heterocycles. The first-order valence-electron chi connectivity index (χ1n) is 10.8. The molecule has 4 rings (SSSR count). The van der Waals surface area contributed by atoms with Crippen molar-refractivity contribution < 1.29 is 18.7 Å². The Hall–Kier alpha value is -4.46. The molecule has 1 aromatic heterocycles. The van der Waals surface area contributed by atoms with Gasteiger partial charge in [0, 0.05) is 36.8 Å². The Morgan fingerprint density at radius 3 is 2.47 bits per heavy atom. The van der Waals surface area contributed by atoms with Crippen molar-refractivity contribution in [2.45, 2.75) is 0 Å². The lowest BCUT2D eigenvalue weighted by molar-refractivity contribution is 0.0921. The average Bonchev–Trinajstić information content (AvgIpc) is 3.27. The summed E-state index contributed by atoms with van der Waals surface area (Å²) in [5, 5.41) is 6.43. The molecule has 0 aliphatic carbocycles. The third-order valence-electron chi connectivity index (χ3n) is 5.23. The number of furan rings is 1. The van der Waals surface area contributed by atoms with Crippen LogP contribution in [0.4, 0.5) is 17.1 Å². The van der Waals surface area contributed by atoms with E-state index in [2.05, 4.69) is 10.6 Å². The van der Waals surface area contributed by atoms with Crippen molar-refractivity contribution >= 4 is 39.8 Å². The zero-order chi connectivity index (χ0) is 24.1. The van der Waals surface area contributed by atoms with Gasteiger partial charge in [0.15, 0.2) is 5.76 Å². The number of hydrogen-bond donors (Lipinski definition) is 3. The number of benzene rings is 3. The lowest BCUT2D eigenvalue weighted by Gasteiger charge is -2.11. The van der Waals surface area contributed by atoms with Crippen molar-refractivity contribution in [2.75, 3.05) is 43.2 Å². The zero-order valence-corrected chi connectivity index (χ0v) is 19.0. The molecular formula is C26H26N4O4. The van der Waals surface area contributed by atoms with Gasteiger partial charge >= 0.3 is 0 Å². The van der Waals surface area contributed by atoms with Gasteiger partial charge in [0.05, 0.1) is 17.9 Å². The fourth-order valence-electron chi connectivity index (χ4n) is 3.34. The largest absolute Gasteiger partial charge is 0.492 e.